The smallest absolute Gasteiger partial charge is 0.176 e. The number of nitroso groups, excluding NO2 is 1. The van der Waals surface area contributed by atoms with Crippen molar-refractivity contribution in [1.29, 1.82) is 0 Å². The number of hydrogen-bond acceptors (Lipinski definition) is 8. The summed E-state index contributed by atoms with van der Waals surface area (Å²) in [4.78, 5) is 27.6. The minimum absolute atomic E-state index is 0.669. The van der Waals surface area contributed by atoms with E-state index in [0.29, 0.717) is 5.01 Å². The monoisotopic (exact) mass is 431 g/mol. The molecule has 0 N–H and O–H groups in total. The van der Waals surface area contributed by atoms with E-state index in [4.69, 9.17) is 4.74 Å². The topological polar surface area (TPSA) is 80.6 Å². The van der Waals surface area contributed by atoms with Gasteiger partial charge in [-0.2, -0.15) is 0 Å². The lowest BCUT2D eigenvalue weighted by Crippen LogP contribution is -2.36. The number of hydrogen-bond donors (Lipinski definition) is 0. The number of ether oxygens (including phenoxy) is 1. The Hall–Kier alpha value is -3.23. The fourth-order valence-electron chi connectivity index (χ4n) is 3.94. The number of morpholine rings is 1. The normalized spacial score (nSPS) is 16.2. The number of anilines is 1. The van der Waals surface area contributed by atoms with Crippen molar-refractivity contribution in [2.45, 2.75) is 12.5 Å². The molecule has 0 saturated carbocycles. The summed E-state index contributed by atoms with van der Waals surface area (Å²) < 4.78 is 5.46. The molecule has 1 unspecified atom stereocenters. The summed E-state index contributed by atoms with van der Waals surface area (Å²) in [6.45, 7) is 5.02. The summed E-state index contributed by atoms with van der Waals surface area (Å²) in [7, 11) is 0. The quantitative estimate of drug-likeness (QED) is 0.429. The minimum Gasteiger partial charge on any atom is -0.378 e. The molecule has 1 aliphatic rings. The Balaban J connectivity index is 1.57. The third-order valence-electron chi connectivity index (χ3n) is 5.73. The second-order valence-corrected chi connectivity index (χ2v) is 8.50. The highest BCUT2D eigenvalue weighted by atomic mass is 32.1. The largest absolute Gasteiger partial charge is 0.378 e. The lowest BCUT2D eigenvalue weighted by Gasteiger charge is -2.29. The number of thiazole rings is 1. The van der Waals surface area contributed by atoms with E-state index in [1.807, 2.05) is 29.6 Å². The van der Waals surface area contributed by atoms with E-state index in [0.717, 1.165) is 59.7 Å². The Labute approximate surface area is 183 Å². The van der Waals surface area contributed by atoms with Crippen LogP contribution in [-0.4, -0.2) is 41.3 Å². The molecule has 1 saturated heterocycles. The van der Waals surface area contributed by atoms with E-state index in [-0.39, 0.29) is 0 Å². The summed E-state index contributed by atoms with van der Waals surface area (Å²) in [6.07, 6.45) is 3.28. The SMILES string of the molecule is CC(N=O)(c1cccc(-c2ncnc3cc(N4CCOCC4)ccc23)c1)c1nccs1. The molecule has 156 valence electrons. The van der Waals surface area contributed by atoms with Crippen molar-refractivity contribution in [2.24, 2.45) is 5.18 Å². The van der Waals surface area contributed by atoms with Gasteiger partial charge >= 0.3 is 0 Å². The Morgan fingerprint density at radius 1 is 1.10 bits per heavy atom. The molecule has 8 heteroatoms. The van der Waals surface area contributed by atoms with Crippen LogP contribution in [0.3, 0.4) is 0 Å². The molecule has 0 bridgehead atoms. The Bertz CT molecular complexity index is 1220. The standard InChI is InChI=1S/C23H21N5O2S/c1-23(27-29,22-24-7-12-31-22)17-4-2-3-16(13-17)21-19-6-5-18(14-20(19)25-15-26-21)28-8-10-30-11-9-28/h2-7,12-15H,8-11H2,1H3. The van der Waals surface area contributed by atoms with E-state index < -0.39 is 5.54 Å². The van der Waals surface area contributed by atoms with Crippen molar-refractivity contribution < 1.29 is 4.74 Å². The van der Waals surface area contributed by atoms with Crippen LogP contribution in [-0.2, 0) is 10.3 Å². The third-order valence-corrected chi connectivity index (χ3v) is 6.71. The molecule has 0 amide bonds. The van der Waals surface area contributed by atoms with Crippen LogP contribution in [0.1, 0.15) is 17.5 Å². The number of aromatic nitrogens is 3. The molecule has 31 heavy (non-hydrogen) atoms. The maximum atomic E-state index is 11.9. The molecule has 0 aliphatic carbocycles. The molecule has 1 atom stereocenters. The maximum Gasteiger partial charge on any atom is 0.176 e. The first-order chi connectivity index (χ1) is 15.2. The van der Waals surface area contributed by atoms with Crippen LogP contribution in [0.25, 0.3) is 22.2 Å². The molecule has 1 aliphatic heterocycles. The minimum atomic E-state index is -1.05. The first-order valence-corrected chi connectivity index (χ1v) is 11.0. The zero-order valence-corrected chi connectivity index (χ0v) is 17.9. The van der Waals surface area contributed by atoms with Gasteiger partial charge in [-0.15, -0.1) is 16.2 Å². The lowest BCUT2D eigenvalue weighted by molar-refractivity contribution is 0.122. The van der Waals surface area contributed by atoms with Crippen LogP contribution < -0.4 is 4.90 Å². The second kappa shape index (κ2) is 8.13. The maximum absolute atomic E-state index is 11.9. The molecule has 5 rings (SSSR count). The van der Waals surface area contributed by atoms with Crippen molar-refractivity contribution in [1.82, 2.24) is 15.0 Å². The van der Waals surface area contributed by atoms with Crippen LogP contribution in [0.2, 0.25) is 0 Å². The van der Waals surface area contributed by atoms with E-state index in [2.05, 4.69) is 43.2 Å². The predicted molar refractivity (Wildman–Crippen MR) is 122 cm³/mol. The van der Waals surface area contributed by atoms with E-state index in [9.17, 15) is 4.91 Å². The van der Waals surface area contributed by atoms with Gasteiger partial charge in [-0.1, -0.05) is 23.4 Å². The predicted octanol–water partition coefficient (Wildman–Crippen LogP) is 4.62. The first kappa shape index (κ1) is 19.7. The molecule has 2 aromatic heterocycles. The Kier molecular flexibility index (Phi) is 5.17. The molecule has 0 radical (unpaired) electrons. The molecule has 0 spiro atoms. The number of fused-ring (bicyclic) bond motifs is 1. The van der Waals surface area contributed by atoms with E-state index in [1.165, 1.54) is 11.3 Å². The highest BCUT2D eigenvalue weighted by Crippen LogP contribution is 2.37. The number of benzene rings is 2. The van der Waals surface area contributed by atoms with Gasteiger partial charge in [-0.25, -0.2) is 15.0 Å². The van der Waals surface area contributed by atoms with Crippen molar-refractivity contribution >= 4 is 27.9 Å². The number of rotatable bonds is 5. The third kappa shape index (κ3) is 3.58. The van der Waals surface area contributed by atoms with Gasteiger partial charge in [0.25, 0.3) is 0 Å². The fraction of sp³-hybridized carbons (Fsp3) is 0.261. The van der Waals surface area contributed by atoms with Gasteiger partial charge in [0.1, 0.15) is 11.3 Å². The summed E-state index contributed by atoms with van der Waals surface area (Å²) in [5, 5.41) is 6.93. The van der Waals surface area contributed by atoms with Crippen molar-refractivity contribution in [3.8, 4) is 11.3 Å². The summed E-state index contributed by atoms with van der Waals surface area (Å²) in [6, 6.07) is 14.1. The average Bonchev–Trinajstić information content (AvgIpc) is 3.39. The molecular weight excluding hydrogens is 410 g/mol. The van der Waals surface area contributed by atoms with E-state index >= 15 is 0 Å². The fourth-order valence-corrected chi connectivity index (χ4v) is 4.70. The van der Waals surface area contributed by atoms with Crippen LogP contribution in [0.4, 0.5) is 5.69 Å². The van der Waals surface area contributed by atoms with Gasteiger partial charge in [0.15, 0.2) is 5.54 Å². The van der Waals surface area contributed by atoms with Crippen LogP contribution >= 0.6 is 11.3 Å². The van der Waals surface area contributed by atoms with Gasteiger partial charge in [0.05, 0.1) is 24.4 Å². The molecule has 2 aromatic carbocycles. The Morgan fingerprint density at radius 2 is 1.97 bits per heavy atom. The van der Waals surface area contributed by atoms with Crippen LogP contribution in [0.5, 0.6) is 0 Å². The van der Waals surface area contributed by atoms with Crippen LogP contribution in [0.15, 0.2) is 65.5 Å². The van der Waals surface area contributed by atoms with E-state index in [1.54, 1.807) is 19.4 Å². The van der Waals surface area contributed by atoms with Crippen LogP contribution in [0, 0.1) is 4.91 Å². The lowest BCUT2D eigenvalue weighted by atomic mass is 9.91. The average molecular weight is 432 g/mol. The number of nitrogens with zero attached hydrogens (tertiary/aromatic N) is 5. The molecule has 3 heterocycles. The highest BCUT2D eigenvalue weighted by Gasteiger charge is 2.33. The zero-order chi connectivity index (χ0) is 21.3. The van der Waals surface area contributed by atoms with Crippen molar-refractivity contribution in [3.63, 3.8) is 0 Å². The highest BCUT2D eigenvalue weighted by molar-refractivity contribution is 7.09. The van der Waals surface area contributed by atoms with Crippen molar-refractivity contribution in [2.75, 3.05) is 31.2 Å². The first-order valence-electron chi connectivity index (χ1n) is 10.1. The van der Waals surface area contributed by atoms with Crippen molar-refractivity contribution in [3.05, 3.63) is 75.8 Å². The van der Waals surface area contributed by atoms with Gasteiger partial charge in [0, 0.05) is 41.3 Å². The molecule has 4 aromatic rings. The summed E-state index contributed by atoms with van der Waals surface area (Å²) in [5.41, 5.74) is 3.50. The molecule has 1 fully saturated rings. The zero-order valence-electron chi connectivity index (χ0n) is 17.1. The van der Waals surface area contributed by atoms with Gasteiger partial charge < -0.3 is 9.64 Å². The summed E-state index contributed by atoms with van der Waals surface area (Å²) in [5.74, 6) is 0. The molecule has 7 nitrogen and oxygen atoms in total. The summed E-state index contributed by atoms with van der Waals surface area (Å²) >= 11 is 1.42. The van der Waals surface area contributed by atoms with Gasteiger partial charge in [-0.05, 0) is 36.8 Å². The van der Waals surface area contributed by atoms with Gasteiger partial charge in [0.2, 0.25) is 0 Å². The van der Waals surface area contributed by atoms with Gasteiger partial charge in [-0.3, -0.25) is 0 Å². The Morgan fingerprint density at radius 3 is 2.74 bits per heavy atom. The second-order valence-electron chi connectivity index (χ2n) is 7.60. The molecular formula is C23H21N5O2S.